The Bertz CT molecular complexity index is 907. The summed E-state index contributed by atoms with van der Waals surface area (Å²) >= 11 is 5.90. The molecule has 0 bridgehead atoms. The van der Waals surface area contributed by atoms with Gasteiger partial charge in [0.05, 0.1) is 17.2 Å². The number of hydrogen-bond acceptors (Lipinski definition) is 4. The lowest BCUT2D eigenvalue weighted by Crippen LogP contribution is -2.23. The maximum Gasteiger partial charge on any atom is 0.270 e. The Morgan fingerprint density at radius 2 is 2.17 bits per heavy atom. The lowest BCUT2D eigenvalue weighted by Gasteiger charge is -2.03. The number of pyridine rings is 1. The number of amides is 1. The molecule has 23 heavy (non-hydrogen) atoms. The predicted molar refractivity (Wildman–Crippen MR) is 84.5 cm³/mol. The van der Waals surface area contributed by atoms with Crippen LogP contribution in [0.15, 0.2) is 48.8 Å². The van der Waals surface area contributed by atoms with E-state index in [0.29, 0.717) is 16.4 Å². The molecule has 3 aromatic rings. The van der Waals surface area contributed by atoms with E-state index >= 15 is 0 Å². The molecule has 1 aromatic carbocycles. The highest BCUT2D eigenvalue weighted by atomic mass is 35.5. The molecule has 0 aliphatic carbocycles. The van der Waals surface area contributed by atoms with E-state index in [0.717, 1.165) is 0 Å². The molecular formula is C15H11ClN4O3. The van der Waals surface area contributed by atoms with E-state index in [1.807, 2.05) is 0 Å². The summed E-state index contributed by atoms with van der Waals surface area (Å²) in [5.74, 6) is -0.399. The molecule has 0 aliphatic rings. The van der Waals surface area contributed by atoms with Crippen LogP contribution in [0.4, 0.5) is 5.69 Å². The van der Waals surface area contributed by atoms with Crippen molar-refractivity contribution in [3.05, 3.63) is 75.2 Å². The van der Waals surface area contributed by atoms with Crippen molar-refractivity contribution in [2.45, 2.75) is 6.54 Å². The van der Waals surface area contributed by atoms with E-state index in [1.54, 1.807) is 28.9 Å². The smallest absolute Gasteiger partial charge is 0.270 e. The lowest BCUT2D eigenvalue weighted by atomic mass is 10.2. The maximum absolute atomic E-state index is 12.1. The average molecular weight is 331 g/mol. The number of nitro benzene ring substituents is 1. The van der Waals surface area contributed by atoms with Crippen LogP contribution in [0.25, 0.3) is 5.65 Å². The molecule has 1 N–H and O–H groups in total. The Balaban J connectivity index is 1.72. The third kappa shape index (κ3) is 3.29. The number of hydrogen-bond donors (Lipinski definition) is 1. The highest BCUT2D eigenvalue weighted by Gasteiger charge is 2.12. The van der Waals surface area contributed by atoms with Crippen molar-refractivity contribution < 1.29 is 9.72 Å². The van der Waals surface area contributed by atoms with Gasteiger partial charge in [-0.3, -0.25) is 14.9 Å². The molecule has 0 spiro atoms. The second-order valence-corrected chi connectivity index (χ2v) is 5.27. The van der Waals surface area contributed by atoms with Gasteiger partial charge < -0.3 is 9.72 Å². The third-order valence-electron chi connectivity index (χ3n) is 3.22. The van der Waals surface area contributed by atoms with E-state index in [1.165, 1.54) is 24.3 Å². The van der Waals surface area contributed by atoms with Crippen LogP contribution >= 0.6 is 11.6 Å². The third-order valence-corrected chi connectivity index (χ3v) is 3.46. The number of non-ortho nitro benzene ring substituents is 1. The van der Waals surface area contributed by atoms with Crippen LogP contribution in [0.5, 0.6) is 0 Å². The number of carbonyl (C=O) groups is 1. The number of imidazole rings is 1. The lowest BCUT2D eigenvalue weighted by molar-refractivity contribution is -0.384. The van der Waals surface area contributed by atoms with Gasteiger partial charge in [-0.25, -0.2) is 4.98 Å². The molecule has 2 heterocycles. The summed E-state index contributed by atoms with van der Waals surface area (Å²) in [6.45, 7) is 0.209. The molecule has 2 aromatic heterocycles. The van der Waals surface area contributed by atoms with E-state index in [2.05, 4.69) is 10.3 Å². The van der Waals surface area contributed by atoms with Crippen molar-refractivity contribution in [1.29, 1.82) is 0 Å². The first-order valence-electron chi connectivity index (χ1n) is 6.69. The number of benzene rings is 1. The SMILES string of the molecule is O=C(NCc1cn2ccc(Cl)cc2n1)c1cccc([N+](=O)[O-])c1. The molecule has 3 rings (SSSR count). The molecule has 1 amide bonds. The zero-order valence-corrected chi connectivity index (χ0v) is 12.5. The molecule has 116 valence electrons. The fourth-order valence-electron chi connectivity index (χ4n) is 2.13. The molecule has 0 saturated heterocycles. The van der Waals surface area contributed by atoms with Gasteiger partial charge in [-0.15, -0.1) is 0 Å². The summed E-state index contributed by atoms with van der Waals surface area (Å²) in [6, 6.07) is 9.02. The van der Waals surface area contributed by atoms with Crippen molar-refractivity contribution in [2.75, 3.05) is 0 Å². The minimum atomic E-state index is -0.539. The molecule has 7 nitrogen and oxygen atoms in total. The second-order valence-electron chi connectivity index (χ2n) is 4.83. The van der Waals surface area contributed by atoms with Crippen molar-refractivity contribution in [3.8, 4) is 0 Å². The Morgan fingerprint density at radius 3 is 2.96 bits per heavy atom. The van der Waals surface area contributed by atoms with Crippen LogP contribution in [0.2, 0.25) is 5.02 Å². The molecule has 0 atom stereocenters. The summed E-state index contributed by atoms with van der Waals surface area (Å²) in [6.07, 6.45) is 3.55. The monoisotopic (exact) mass is 330 g/mol. The molecule has 0 saturated carbocycles. The topological polar surface area (TPSA) is 89.5 Å². The quantitative estimate of drug-likeness (QED) is 0.588. The van der Waals surface area contributed by atoms with Gasteiger partial charge in [0.1, 0.15) is 5.65 Å². The van der Waals surface area contributed by atoms with Crippen LogP contribution < -0.4 is 5.32 Å². The largest absolute Gasteiger partial charge is 0.346 e. The van der Waals surface area contributed by atoms with Gasteiger partial charge in [0, 0.05) is 35.1 Å². The van der Waals surface area contributed by atoms with Gasteiger partial charge in [-0.2, -0.15) is 0 Å². The fraction of sp³-hybridized carbons (Fsp3) is 0.0667. The Morgan fingerprint density at radius 1 is 1.35 bits per heavy atom. The first kappa shape index (κ1) is 15.0. The second kappa shape index (κ2) is 6.05. The number of rotatable bonds is 4. The number of halogens is 1. The summed E-state index contributed by atoms with van der Waals surface area (Å²) in [4.78, 5) is 26.6. The van der Waals surface area contributed by atoms with E-state index in [9.17, 15) is 14.9 Å². The predicted octanol–water partition coefficient (Wildman–Crippen LogP) is 2.83. The van der Waals surface area contributed by atoms with Crippen LogP contribution in [0, 0.1) is 10.1 Å². The highest BCUT2D eigenvalue weighted by Crippen LogP contribution is 2.14. The normalized spacial score (nSPS) is 10.7. The molecular weight excluding hydrogens is 320 g/mol. The van der Waals surface area contributed by atoms with Gasteiger partial charge >= 0.3 is 0 Å². The summed E-state index contributed by atoms with van der Waals surface area (Å²) in [5.41, 5.74) is 1.44. The summed E-state index contributed by atoms with van der Waals surface area (Å²) in [5, 5.41) is 14.0. The van der Waals surface area contributed by atoms with Crippen LogP contribution in [0.3, 0.4) is 0 Å². The van der Waals surface area contributed by atoms with Gasteiger partial charge in [0.2, 0.25) is 0 Å². The van der Waals surface area contributed by atoms with Crippen molar-refractivity contribution in [3.63, 3.8) is 0 Å². The number of carbonyl (C=O) groups excluding carboxylic acids is 1. The van der Waals surface area contributed by atoms with E-state index in [-0.39, 0.29) is 17.8 Å². The van der Waals surface area contributed by atoms with Crippen LogP contribution in [-0.2, 0) is 6.54 Å². The van der Waals surface area contributed by atoms with Crippen LogP contribution in [-0.4, -0.2) is 20.2 Å². The summed E-state index contributed by atoms with van der Waals surface area (Å²) in [7, 11) is 0. The maximum atomic E-state index is 12.1. The van der Waals surface area contributed by atoms with Crippen LogP contribution in [0.1, 0.15) is 16.1 Å². The number of fused-ring (bicyclic) bond motifs is 1. The van der Waals surface area contributed by atoms with E-state index in [4.69, 9.17) is 11.6 Å². The van der Waals surface area contributed by atoms with Gasteiger partial charge in [-0.1, -0.05) is 17.7 Å². The molecule has 8 heteroatoms. The number of nitro groups is 1. The first-order chi connectivity index (χ1) is 11.0. The molecule has 0 radical (unpaired) electrons. The van der Waals surface area contributed by atoms with E-state index < -0.39 is 10.8 Å². The zero-order chi connectivity index (χ0) is 16.4. The van der Waals surface area contributed by atoms with Gasteiger partial charge in [0.15, 0.2) is 0 Å². The average Bonchev–Trinajstić information content (AvgIpc) is 2.94. The van der Waals surface area contributed by atoms with Crippen molar-refractivity contribution >= 4 is 28.8 Å². The van der Waals surface area contributed by atoms with Crippen molar-refractivity contribution in [1.82, 2.24) is 14.7 Å². The Labute approximate surface area is 135 Å². The van der Waals surface area contributed by atoms with Gasteiger partial charge in [0.25, 0.3) is 11.6 Å². The molecule has 0 unspecified atom stereocenters. The number of nitrogens with zero attached hydrogens (tertiary/aromatic N) is 3. The van der Waals surface area contributed by atoms with Crippen molar-refractivity contribution in [2.24, 2.45) is 0 Å². The summed E-state index contributed by atoms with van der Waals surface area (Å²) < 4.78 is 1.79. The fourth-order valence-corrected chi connectivity index (χ4v) is 2.28. The number of aromatic nitrogens is 2. The highest BCUT2D eigenvalue weighted by molar-refractivity contribution is 6.30. The minimum absolute atomic E-state index is 0.125. The molecule has 0 aliphatic heterocycles. The van der Waals surface area contributed by atoms with Gasteiger partial charge in [-0.05, 0) is 18.2 Å². The Hall–Kier alpha value is -2.93. The Kier molecular flexibility index (Phi) is 3.94. The minimum Gasteiger partial charge on any atom is -0.346 e. The number of nitrogens with one attached hydrogen (secondary N) is 1. The molecule has 0 fully saturated rings. The zero-order valence-electron chi connectivity index (χ0n) is 11.8. The first-order valence-corrected chi connectivity index (χ1v) is 7.06. The standard InChI is InChI=1S/C15H11ClN4O3/c16-11-4-5-19-9-12(18-14(19)7-11)8-17-15(21)10-2-1-3-13(6-10)20(22)23/h1-7,9H,8H2,(H,17,21).